The van der Waals surface area contributed by atoms with Gasteiger partial charge in [-0.2, -0.15) is 13.9 Å². The molecule has 2 fully saturated rings. The monoisotopic (exact) mass is 422 g/mol. The lowest BCUT2D eigenvalue weighted by Gasteiger charge is -2.33. The lowest BCUT2D eigenvalue weighted by Crippen LogP contribution is -2.53. The Morgan fingerprint density at radius 2 is 1.96 bits per heavy atom. The van der Waals surface area contributed by atoms with E-state index in [2.05, 4.69) is 14.7 Å². The van der Waals surface area contributed by atoms with E-state index in [-0.39, 0.29) is 12.6 Å². The molecule has 2 aliphatic heterocycles. The lowest BCUT2D eigenvalue weighted by molar-refractivity contribution is -0.145. The van der Waals surface area contributed by atoms with Crippen LogP contribution in [-0.4, -0.2) is 72.5 Å². The molecular formula is C16H30N4O7S. The molecule has 11 nitrogen and oxygen atoms in total. The smallest absolute Gasteiger partial charge is 0.311 e. The molecular weight excluding hydrogens is 392 g/mol. The Kier molecular flexibility index (Phi) is 8.43. The number of carbonyl (C=O) groups is 2. The zero-order valence-corrected chi connectivity index (χ0v) is 17.1. The zero-order chi connectivity index (χ0) is 20.7. The van der Waals surface area contributed by atoms with E-state index in [0.29, 0.717) is 18.9 Å². The normalized spacial score (nSPS) is 23.7. The van der Waals surface area contributed by atoms with Crippen molar-refractivity contribution < 1.29 is 31.7 Å². The van der Waals surface area contributed by atoms with Gasteiger partial charge in [0.05, 0.1) is 0 Å². The first-order chi connectivity index (χ1) is 13.3. The molecule has 0 radical (unpaired) electrons. The van der Waals surface area contributed by atoms with Crippen molar-refractivity contribution in [2.45, 2.75) is 70.6 Å². The van der Waals surface area contributed by atoms with E-state index in [1.165, 1.54) is 6.42 Å². The summed E-state index contributed by atoms with van der Waals surface area (Å²) in [4.78, 5) is 34.0. The van der Waals surface area contributed by atoms with Crippen LogP contribution in [0.5, 0.6) is 0 Å². The van der Waals surface area contributed by atoms with Crippen molar-refractivity contribution in [1.29, 1.82) is 0 Å². The molecule has 2 saturated heterocycles. The van der Waals surface area contributed by atoms with Crippen LogP contribution in [0.2, 0.25) is 0 Å². The molecule has 2 heterocycles. The summed E-state index contributed by atoms with van der Waals surface area (Å²) >= 11 is 0. The minimum Gasteiger partial charge on any atom is -0.311 e. The Hall–Kier alpha value is -1.47. The van der Waals surface area contributed by atoms with Crippen LogP contribution in [0.4, 0.5) is 4.79 Å². The number of hydrogen-bond acceptors (Lipinski definition) is 7. The molecule has 0 spiro atoms. The number of amides is 3. The fourth-order valence-electron chi connectivity index (χ4n) is 3.89. The van der Waals surface area contributed by atoms with Crippen LogP contribution in [0.25, 0.3) is 0 Å². The van der Waals surface area contributed by atoms with Gasteiger partial charge in [0, 0.05) is 19.1 Å². The minimum absolute atomic E-state index is 0.0849. The number of urea groups is 1. The summed E-state index contributed by atoms with van der Waals surface area (Å²) in [5.74, 6) is -0.486. The highest BCUT2D eigenvalue weighted by molar-refractivity contribution is 7.80. The number of hydrogen-bond donors (Lipinski definition) is 3. The van der Waals surface area contributed by atoms with Crippen molar-refractivity contribution in [3.63, 3.8) is 0 Å². The van der Waals surface area contributed by atoms with Gasteiger partial charge in [0.1, 0.15) is 12.1 Å². The molecule has 2 aliphatic rings. The number of piperidine rings is 1. The van der Waals surface area contributed by atoms with Crippen LogP contribution in [0.15, 0.2) is 0 Å². The van der Waals surface area contributed by atoms with Crippen LogP contribution < -0.4 is 11.0 Å². The van der Waals surface area contributed by atoms with Crippen LogP contribution in [0.3, 0.4) is 0 Å². The number of rotatable bonds is 9. The van der Waals surface area contributed by atoms with Crippen LogP contribution in [-0.2, 0) is 24.3 Å². The standard InChI is InChI=1S/C16H30N4O7S/c1-3-7-13(20(4-2)16(22)18-27-28(23,24)25)15(21)17-26-14-9-11-19-10-6-5-8-12(14)19/h12-14H,3-11H2,1-2H3,(H,17,21)(H,18,22)(H,23,24,25)/t12?,13-,14?/m0/s1. The molecule has 3 N–H and O–H groups in total. The van der Waals surface area contributed by atoms with E-state index in [4.69, 9.17) is 9.39 Å². The highest BCUT2D eigenvalue weighted by atomic mass is 32.3. The van der Waals surface area contributed by atoms with Gasteiger partial charge in [-0.05, 0) is 39.2 Å². The molecule has 0 saturated carbocycles. The van der Waals surface area contributed by atoms with E-state index in [1.54, 1.807) is 12.4 Å². The average Bonchev–Trinajstić information content (AvgIpc) is 3.07. The number of hydroxylamine groups is 2. The van der Waals surface area contributed by atoms with Gasteiger partial charge in [0.25, 0.3) is 5.91 Å². The molecule has 0 aromatic carbocycles. The van der Waals surface area contributed by atoms with Gasteiger partial charge in [-0.1, -0.05) is 19.8 Å². The van der Waals surface area contributed by atoms with Crippen molar-refractivity contribution in [3.8, 4) is 0 Å². The van der Waals surface area contributed by atoms with E-state index in [1.807, 2.05) is 6.92 Å². The first-order valence-electron chi connectivity index (χ1n) is 9.68. The van der Waals surface area contributed by atoms with Gasteiger partial charge in [-0.15, -0.1) is 4.28 Å². The summed E-state index contributed by atoms with van der Waals surface area (Å²) < 4.78 is 33.8. The summed E-state index contributed by atoms with van der Waals surface area (Å²) in [6.07, 6.45) is 5.08. The third kappa shape index (κ3) is 6.27. The molecule has 2 rings (SSSR count). The Bertz CT molecular complexity index is 645. The van der Waals surface area contributed by atoms with E-state index >= 15 is 0 Å². The lowest BCUT2D eigenvalue weighted by atomic mass is 10.0. The number of fused-ring (bicyclic) bond motifs is 1. The van der Waals surface area contributed by atoms with Crippen molar-refractivity contribution in [1.82, 2.24) is 20.8 Å². The van der Waals surface area contributed by atoms with E-state index in [0.717, 1.165) is 37.3 Å². The molecule has 3 amide bonds. The highest BCUT2D eigenvalue weighted by Gasteiger charge is 2.37. The Labute approximate surface area is 165 Å². The van der Waals surface area contributed by atoms with E-state index in [9.17, 15) is 18.0 Å². The van der Waals surface area contributed by atoms with Gasteiger partial charge in [-0.3, -0.25) is 19.1 Å². The molecule has 28 heavy (non-hydrogen) atoms. The van der Waals surface area contributed by atoms with Crippen molar-refractivity contribution in [2.24, 2.45) is 0 Å². The second-order valence-electron chi connectivity index (χ2n) is 7.02. The zero-order valence-electron chi connectivity index (χ0n) is 16.3. The summed E-state index contributed by atoms with van der Waals surface area (Å²) in [5.41, 5.74) is 4.11. The molecule has 0 aromatic rings. The summed E-state index contributed by atoms with van der Waals surface area (Å²) in [6.45, 7) is 5.62. The quantitative estimate of drug-likeness (QED) is 0.363. The number of nitrogens with one attached hydrogen (secondary N) is 2. The largest absolute Gasteiger partial charge is 0.418 e. The predicted molar refractivity (Wildman–Crippen MR) is 99.1 cm³/mol. The summed E-state index contributed by atoms with van der Waals surface area (Å²) in [5, 5.41) is 0. The van der Waals surface area contributed by atoms with Crippen LogP contribution in [0, 0.1) is 0 Å². The molecule has 3 atom stereocenters. The Morgan fingerprint density at radius 1 is 1.21 bits per heavy atom. The summed E-state index contributed by atoms with van der Waals surface area (Å²) in [7, 11) is -4.84. The van der Waals surface area contributed by atoms with Gasteiger partial charge >= 0.3 is 16.4 Å². The van der Waals surface area contributed by atoms with Gasteiger partial charge in [0.2, 0.25) is 0 Å². The Morgan fingerprint density at radius 3 is 2.61 bits per heavy atom. The summed E-state index contributed by atoms with van der Waals surface area (Å²) in [6, 6.07) is -1.52. The molecule has 162 valence electrons. The maximum absolute atomic E-state index is 12.7. The predicted octanol–water partition coefficient (Wildman–Crippen LogP) is 0.596. The fourth-order valence-corrected chi connectivity index (χ4v) is 4.07. The minimum atomic E-state index is -4.84. The van der Waals surface area contributed by atoms with Gasteiger partial charge in [-0.25, -0.2) is 10.3 Å². The second kappa shape index (κ2) is 10.3. The van der Waals surface area contributed by atoms with E-state index < -0.39 is 28.4 Å². The van der Waals surface area contributed by atoms with Gasteiger partial charge < -0.3 is 4.90 Å². The molecule has 0 aromatic heterocycles. The highest BCUT2D eigenvalue weighted by Crippen LogP contribution is 2.28. The van der Waals surface area contributed by atoms with Crippen molar-refractivity contribution in [2.75, 3.05) is 19.6 Å². The molecule has 12 heteroatoms. The number of carbonyl (C=O) groups excluding carboxylic acids is 2. The van der Waals surface area contributed by atoms with Crippen LogP contribution in [0.1, 0.15) is 52.4 Å². The van der Waals surface area contributed by atoms with Crippen LogP contribution >= 0.6 is 0 Å². The third-order valence-corrected chi connectivity index (χ3v) is 5.48. The fraction of sp³-hybridized carbons (Fsp3) is 0.875. The first kappa shape index (κ1) is 22.8. The van der Waals surface area contributed by atoms with Gasteiger partial charge in [0.15, 0.2) is 0 Å². The van der Waals surface area contributed by atoms with Crippen molar-refractivity contribution >= 4 is 22.3 Å². The second-order valence-corrected chi connectivity index (χ2v) is 8.04. The third-order valence-electron chi connectivity index (χ3n) is 5.18. The van der Waals surface area contributed by atoms with Crippen molar-refractivity contribution in [3.05, 3.63) is 0 Å². The molecule has 0 aliphatic carbocycles. The molecule has 2 unspecified atom stereocenters. The SMILES string of the molecule is CCC[C@@H](C(=O)NOC1CCN2CCCCC12)N(CC)C(=O)NOS(=O)(=O)O. The number of likely N-dealkylation sites (N-methyl/N-ethyl adjacent to an activating group) is 1. The topological polar surface area (TPSA) is 138 Å². The average molecular weight is 423 g/mol. The maximum Gasteiger partial charge on any atom is 0.418 e. The molecule has 0 bridgehead atoms. The Balaban J connectivity index is 1.94. The number of nitrogens with zero attached hydrogens (tertiary/aromatic N) is 2. The first-order valence-corrected chi connectivity index (χ1v) is 11.0. The maximum atomic E-state index is 12.7.